The highest BCUT2D eigenvalue weighted by Crippen LogP contribution is 2.25. The number of piperazine rings is 1. The number of hydrogen-bond donors (Lipinski definition) is 1. The van der Waals surface area contributed by atoms with Crippen LogP contribution in [0.2, 0.25) is 5.02 Å². The third kappa shape index (κ3) is 4.23. The molecule has 0 aromatic heterocycles. The zero-order valence-electron chi connectivity index (χ0n) is 14.3. The number of rotatable bonds is 5. The minimum atomic E-state index is -0.223. The normalized spacial score (nSPS) is 17.5. The van der Waals surface area contributed by atoms with Gasteiger partial charge in [-0.15, -0.1) is 0 Å². The van der Waals surface area contributed by atoms with E-state index in [1.807, 2.05) is 36.4 Å². The van der Waals surface area contributed by atoms with Gasteiger partial charge >= 0.3 is 0 Å². The number of carbonyl (C=O) groups is 2. The summed E-state index contributed by atoms with van der Waals surface area (Å²) in [5, 5.41) is 9.68. The quantitative estimate of drug-likeness (QED) is 0.877. The van der Waals surface area contributed by atoms with Crippen LogP contribution in [0.1, 0.15) is 12.0 Å². The van der Waals surface area contributed by atoms with Gasteiger partial charge in [-0.3, -0.25) is 9.59 Å². The van der Waals surface area contributed by atoms with Crippen molar-refractivity contribution in [3.05, 3.63) is 65.2 Å². The van der Waals surface area contributed by atoms with E-state index in [0.717, 1.165) is 11.3 Å². The van der Waals surface area contributed by atoms with E-state index in [1.165, 1.54) is 0 Å². The van der Waals surface area contributed by atoms with Crippen molar-refractivity contribution in [3.8, 4) is 0 Å². The maximum Gasteiger partial charge on any atom is 0.246 e. The van der Waals surface area contributed by atoms with Crippen molar-refractivity contribution in [3.63, 3.8) is 0 Å². The molecule has 1 unspecified atom stereocenters. The molecule has 1 aliphatic rings. The van der Waals surface area contributed by atoms with Gasteiger partial charge < -0.3 is 14.9 Å². The number of aliphatic hydroxyl groups is 1. The lowest BCUT2D eigenvalue weighted by atomic mass is 10.0. The summed E-state index contributed by atoms with van der Waals surface area (Å²) in [6, 6.07) is 16.9. The number of aliphatic hydroxyl groups excluding tert-OH is 1. The Labute approximate surface area is 157 Å². The van der Waals surface area contributed by atoms with Gasteiger partial charge in [0.05, 0.1) is 12.6 Å². The second-order valence-corrected chi connectivity index (χ2v) is 6.76. The molecular formula is C20H21ClN2O3. The predicted octanol–water partition coefficient (Wildman–Crippen LogP) is 2.51. The minimum absolute atomic E-state index is 0.00282. The Morgan fingerprint density at radius 2 is 1.92 bits per heavy atom. The van der Waals surface area contributed by atoms with E-state index in [2.05, 4.69) is 0 Å². The fourth-order valence-corrected chi connectivity index (χ4v) is 3.44. The van der Waals surface area contributed by atoms with Gasteiger partial charge in [0.1, 0.15) is 6.54 Å². The van der Waals surface area contributed by atoms with Gasteiger partial charge in [0.15, 0.2) is 0 Å². The minimum Gasteiger partial charge on any atom is -0.396 e. The molecular weight excluding hydrogens is 352 g/mol. The molecule has 1 fully saturated rings. The fourth-order valence-electron chi connectivity index (χ4n) is 3.26. The third-order valence-electron chi connectivity index (χ3n) is 4.52. The summed E-state index contributed by atoms with van der Waals surface area (Å²) < 4.78 is 0. The van der Waals surface area contributed by atoms with E-state index in [0.29, 0.717) is 18.0 Å². The summed E-state index contributed by atoms with van der Waals surface area (Å²) in [6.45, 7) is 0.174. The van der Waals surface area contributed by atoms with Gasteiger partial charge in [0.2, 0.25) is 11.8 Å². The molecule has 2 amide bonds. The average Bonchev–Trinajstić information content (AvgIpc) is 2.64. The molecule has 2 aromatic rings. The first-order chi connectivity index (χ1) is 12.6. The Hall–Kier alpha value is -2.37. The molecule has 0 bridgehead atoms. The van der Waals surface area contributed by atoms with E-state index in [9.17, 15) is 9.59 Å². The second kappa shape index (κ2) is 8.34. The monoisotopic (exact) mass is 372 g/mol. The predicted molar refractivity (Wildman–Crippen MR) is 101 cm³/mol. The van der Waals surface area contributed by atoms with Gasteiger partial charge in [-0.05, 0) is 30.2 Å². The first-order valence-electron chi connectivity index (χ1n) is 8.58. The molecule has 0 aliphatic carbocycles. The van der Waals surface area contributed by atoms with Crippen LogP contribution in [0, 0.1) is 0 Å². The number of hydrogen-bond acceptors (Lipinski definition) is 3. The molecule has 1 atom stereocenters. The number of benzene rings is 2. The lowest BCUT2D eigenvalue weighted by molar-refractivity contribution is -0.140. The van der Waals surface area contributed by atoms with E-state index < -0.39 is 0 Å². The summed E-state index contributed by atoms with van der Waals surface area (Å²) >= 11 is 6.07. The molecule has 0 saturated carbocycles. The van der Waals surface area contributed by atoms with Crippen molar-refractivity contribution in [2.75, 3.05) is 24.6 Å². The summed E-state index contributed by atoms with van der Waals surface area (Å²) in [6.07, 6.45) is 0.665. The van der Waals surface area contributed by atoms with Crippen LogP contribution in [0.3, 0.4) is 0 Å². The topological polar surface area (TPSA) is 60.9 Å². The Balaban J connectivity index is 1.86. The number of anilines is 1. The van der Waals surface area contributed by atoms with Gasteiger partial charge in [-0.25, -0.2) is 0 Å². The molecule has 136 valence electrons. The first kappa shape index (κ1) is 18.4. The van der Waals surface area contributed by atoms with Crippen LogP contribution in [0.15, 0.2) is 54.6 Å². The highest BCUT2D eigenvalue weighted by Gasteiger charge is 2.35. The van der Waals surface area contributed by atoms with Crippen LogP contribution in [0.4, 0.5) is 5.69 Å². The summed E-state index contributed by atoms with van der Waals surface area (Å²) in [7, 11) is 0. The molecule has 0 radical (unpaired) electrons. The van der Waals surface area contributed by atoms with Gasteiger partial charge in [0.25, 0.3) is 0 Å². The molecule has 6 heteroatoms. The van der Waals surface area contributed by atoms with Crippen LogP contribution < -0.4 is 4.90 Å². The SMILES string of the molecule is O=C1CN(C(=O)CCO)C(Cc2ccccc2)CN1c1cccc(Cl)c1. The van der Waals surface area contributed by atoms with Crippen molar-refractivity contribution >= 4 is 29.1 Å². The second-order valence-electron chi connectivity index (χ2n) is 6.32. The van der Waals surface area contributed by atoms with Crippen LogP contribution in [-0.4, -0.2) is 47.6 Å². The fraction of sp³-hybridized carbons (Fsp3) is 0.300. The van der Waals surface area contributed by atoms with Crippen molar-refractivity contribution in [2.24, 2.45) is 0 Å². The molecule has 0 spiro atoms. The Kier molecular flexibility index (Phi) is 5.91. The van der Waals surface area contributed by atoms with Gasteiger partial charge in [0, 0.05) is 23.7 Å². The zero-order chi connectivity index (χ0) is 18.5. The van der Waals surface area contributed by atoms with Crippen LogP contribution >= 0.6 is 11.6 Å². The average molecular weight is 373 g/mol. The maximum absolute atomic E-state index is 12.6. The lowest BCUT2D eigenvalue weighted by Crippen LogP contribution is -2.59. The molecule has 1 saturated heterocycles. The maximum atomic E-state index is 12.6. The molecule has 1 aliphatic heterocycles. The Morgan fingerprint density at radius 3 is 2.62 bits per heavy atom. The molecule has 1 N–H and O–H groups in total. The van der Waals surface area contributed by atoms with Gasteiger partial charge in [-0.2, -0.15) is 0 Å². The van der Waals surface area contributed by atoms with Crippen molar-refractivity contribution in [1.82, 2.24) is 4.90 Å². The first-order valence-corrected chi connectivity index (χ1v) is 8.96. The zero-order valence-corrected chi connectivity index (χ0v) is 15.1. The van der Waals surface area contributed by atoms with E-state index in [-0.39, 0.29) is 37.4 Å². The Morgan fingerprint density at radius 1 is 1.15 bits per heavy atom. The molecule has 2 aromatic carbocycles. The smallest absolute Gasteiger partial charge is 0.246 e. The van der Waals surface area contributed by atoms with E-state index in [4.69, 9.17) is 16.7 Å². The largest absolute Gasteiger partial charge is 0.396 e. The number of carbonyl (C=O) groups excluding carboxylic acids is 2. The van der Waals surface area contributed by atoms with Gasteiger partial charge in [-0.1, -0.05) is 48.0 Å². The summed E-state index contributed by atoms with van der Waals surface area (Å²) in [5.41, 5.74) is 1.83. The van der Waals surface area contributed by atoms with E-state index >= 15 is 0 Å². The van der Waals surface area contributed by atoms with Crippen molar-refractivity contribution < 1.29 is 14.7 Å². The molecule has 26 heavy (non-hydrogen) atoms. The molecule has 1 heterocycles. The van der Waals surface area contributed by atoms with Crippen LogP contribution in [0.5, 0.6) is 0 Å². The lowest BCUT2D eigenvalue weighted by Gasteiger charge is -2.41. The summed E-state index contributed by atoms with van der Waals surface area (Å²) in [5.74, 6) is -0.351. The third-order valence-corrected chi connectivity index (χ3v) is 4.76. The highest BCUT2D eigenvalue weighted by atomic mass is 35.5. The number of nitrogens with zero attached hydrogens (tertiary/aromatic N) is 2. The Bertz CT molecular complexity index is 782. The standard InChI is InChI=1S/C20H21ClN2O3/c21-16-7-4-8-17(12-16)22-13-18(11-15-5-2-1-3-6-15)23(14-20(22)26)19(25)9-10-24/h1-8,12,18,24H,9-11,13-14H2. The number of amides is 2. The summed E-state index contributed by atoms with van der Waals surface area (Å²) in [4.78, 5) is 28.3. The molecule has 3 rings (SSSR count). The number of halogens is 1. The van der Waals surface area contributed by atoms with Crippen LogP contribution in [-0.2, 0) is 16.0 Å². The highest BCUT2D eigenvalue weighted by molar-refractivity contribution is 6.30. The van der Waals surface area contributed by atoms with Crippen molar-refractivity contribution in [1.29, 1.82) is 0 Å². The van der Waals surface area contributed by atoms with E-state index in [1.54, 1.807) is 28.0 Å². The van der Waals surface area contributed by atoms with Crippen molar-refractivity contribution in [2.45, 2.75) is 18.9 Å². The van der Waals surface area contributed by atoms with Crippen LogP contribution in [0.25, 0.3) is 0 Å². The molecule has 5 nitrogen and oxygen atoms in total.